The molecule has 0 spiro atoms. The number of Topliss-reactive ketones (excluding diaryl/α,β-unsaturated/α-hetero) is 1. The van der Waals surface area contributed by atoms with Crippen LogP contribution in [0.25, 0.3) is 0 Å². The Labute approximate surface area is 157 Å². The van der Waals surface area contributed by atoms with Crippen LogP contribution in [0.3, 0.4) is 0 Å². The molecular formula is C19H15F5N2O2. The molecule has 0 saturated heterocycles. The van der Waals surface area contributed by atoms with Crippen molar-refractivity contribution in [1.29, 1.82) is 0 Å². The third kappa shape index (κ3) is 5.63. The summed E-state index contributed by atoms with van der Waals surface area (Å²) < 4.78 is 64.2. The highest BCUT2D eigenvalue weighted by Gasteiger charge is 2.30. The average molecular weight is 398 g/mol. The van der Waals surface area contributed by atoms with Crippen LogP contribution in [-0.4, -0.2) is 18.4 Å². The second-order valence-corrected chi connectivity index (χ2v) is 5.76. The Kier molecular flexibility index (Phi) is 6.50. The minimum Gasteiger partial charge on any atom is -0.338 e. The predicted octanol–water partition coefficient (Wildman–Crippen LogP) is 4.93. The van der Waals surface area contributed by atoms with Crippen LogP contribution in [0.4, 0.5) is 32.4 Å². The van der Waals surface area contributed by atoms with Gasteiger partial charge in [0.05, 0.1) is 11.1 Å². The Morgan fingerprint density at radius 3 is 2.25 bits per heavy atom. The molecule has 2 aromatic carbocycles. The highest BCUT2D eigenvalue weighted by molar-refractivity contribution is 6.08. The van der Waals surface area contributed by atoms with E-state index in [0.717, 1.165) is 42.5 Å². The molecule has 0 aliphatic carbocycles. The molecule has 148 valence electrons. The number of amides is 2. The average Bonchev–Trinajstić information content (AvgIpc) is 2.62. The van der Waals surface area contributed by atoms with Gasteiger partial charge < -0.3 is 10.6 Å². The van der Waals surface area contributed by atoms with Crippen molar-refractivity contribution >= 4 is 17.5 Å². The number of anilines is 1. The van der Waals surface area contributed by atoms with E-state index in [1.165, 1.54) is 0 Å². The Balaban J connectivity index is 1.84. The van der Waals surface area contributed by atoms with Crippen LogP contribution >= 0.6 is 0 Å². The summed E-state index contributed by atoms with van der Waals surface area (Å²) in [7, 11) is 0. The summed E-state index contributed by atoms with van der Waals surface area (Å²) in [5.74, 6) is -2.45. The number of hydrogen-bond acceptors (Lipinski definition) is 2. The lowest BCUT2D eigenvalue weighted by molar-refractivity contribution is -0.137. The topological polar surface area (TPSA) is 58.2 Å². The Hall–Kier alpha value is -3.23. The van der Waals surface area contributed by atoms with Gasteiger partial charge in [-0.05, 0) is 54.5 Å². The number of rotatable bonds is 6. The second kappa shape index (κ2) is 8.64. The molecule has 0 aliphatic heterocycles. The zero-order valence-corrected chi connectivity index (χ0v) is 14.4. The molecule has 0 heterocycles. The van der Waals surface area contributed by atoms with E-state index in [9.17, 15) is 31.5 Å². The SMILES string of the molecule is C=C(CCNC(=O)Nc1ccc(C(F)(F)F)cc1)C(=O)c1cc(F)ccc1F. The Morgan fingerprint density at radius 1 is 1.00 bits per heavy atom. The molecule has 28 heavy (non-hydrogen) atoms. The quantitative estimate of drug-likeness (QED) is 0.412. The number of benzene rings is 2. The third-order valence-corrected chi connectivity index (χ3v) is 3.68. The summed E-state index contributed by atoms with van der Waals surface area (Å²) in [5, 5.41) is 4.72. The largest absolute Gasteiger partial charge is 0.416 e. The molecule has 0 fully saturated rings. The first kappa shape index (κ1) is 21.1. The first-order valence-corrected chi connectivity index (χ1v) is 7.97. The molecule has 0 unspecified atom stereocenters. The highest BCUT2D eigenvalue weighted by atomic mass is 19.4. The van der Waals surface area contributed by atoms with Crippen LogP contribution in [0.2, 0.25) is 0 Å². The molecular weight excluding hydrogens is 383 g/mol. The van der Waals surface area contributed by atoms with Gasteiger partial charge >= 0.3 is 12.2 Å². The van der Waals surface area contributed by atoms with E-state index in [2.05, 4.69) is 17.2 Å². The van der Waals surface area contributed by atoms with Gasteiger partial charge in [0.2, 0.25) is 0 Å². The molecule has 0 aromatic heterocycles. The van der Waals surface area contributed by atoms with Crippen molar-refractivity contribution in [2.45, 2.75) is 12.6 Å². The van der Waals surface area contributed by atoms with E-state index in [0.29, 0.717) is 0 Å². The van der Waals surface area contributed by atoms with Gasteiger partial charge in [-0.3, -0.25) is 4.79 Å². The number of ketones is 1. The van der Waals surface area contributed by atoms with Gasteiger partial charge in [0.25, 0.3) is 0 Å². The van der Waals surface area contributed by atoms with E-state index in [1.54, 1.807) is 0 Å². The van der Waals surface area contributed by atoms with Crippen molar-refractivity contribution in [2.75, 3.05) is 11.9 Å². The number of carbonyl (C=O) groups excluding carboxylic acids is 2. The minimum absolute atomic E-state index is 0.0325. The van der Waals surface area contributed by atoms with E-state index >= 15 is 0 Å². The zero-order chi connectivity index (χ0) is 20.9. The van der Waals surface area contributed by atoms with Crippen LogP contribution in [0.5, 0.6) is 0 Å². The zero-order valence-electron chi connectivity index (χ0n) is 14.4. The highest BCUT2D eigenvalue weighted by Crippen LogP contribution is 2.29. The molecule has 2 amide bonds. The number of hydrogen-bond donors (Lipinski definition) is 2. The van der Waals surface area contributed by atoms with Gasteiger partial charge in [-0.15, -0.1) is 0 Å². The first-order valence-electron chi connectivity index (χ1n) is 7.97. The molecule has 0 atom stereocenters. The fraction of sp³-hybridized carbons (Fsp3) is 0.158. The standard InChI is InChI=1S/C19H15F5N2O2/c1-11(17(27)15-10-13(20)4-7-16(15)21)8-9-25-18(28)26-14-5-2-12(3-6-14)19(22,23)24/h2-7,10H,1,8-9H2,(H2,25,26,28). The first-order chi connectivity index (χ1) is 13.1. The molecule has 4 nitrogen and oxygen atoms in total. The predicted molar refractivity (Wildman–Crippen MR) is 92.9 cm³/mol. The van der Waals surface area contributed by atoms with Crippen molar-refractivity contribution < 1.29 is 31.5 Å². The number of urea groups is 1. The summed E-state index contributed by atoms with van der Waals surface area (Å²) in [4.78, 5) is 23.8. The number of carbonyl (C=O) groups is 2. The van der Waals surface area contributed by atoms with Gasteiger partial charge in [-0.2, -0.15) is 13.2 Å². The lowest BCUT2D eigenvalue weighted by Crippen LogP contribution is -2.30. The molecule has 2 rings (SSSR count). The molecule has 0 aliphatic rings. The lowest BCUT2D eigenvalue weighted by Gasteiger charge is -2.10. The van der Waals surface area contributed by atoms with Gasteiger partial charge in [-0.25, -0.2) is 13.6 Å². The van der Waals surface area contributed by atoms with Crippen molar-refractivity contribution in [2.24, 2.45) is 0 Å². The number of nitrogens with one attached hydrogen (secondary N) is 2. The summed E-state index contributed by atoms with van der Waals surface area (Å²) in [6, 6.07) is 5.58. The van der Waals surface area contributed by atoms with Crippen LogP contribution < -0.4 is 10.6 Å². The van der Waals surface area contributed by atoms with Crippen LogP contribution in [0.15, 0.2) is 54.6 Å². The van der Waals surface area contributed by atoms with Crippen LogP contribution in [0, 0.1) is 11.6 Å². The Bertz CT molecular complexity index is 892. The van der Waals surface area contributed by atoms with Crippen LogP contribution in [0.1, 0.15) is 22.3 Å². The monoisotopic (exact) mass is 398 g/mol. The molecule has 2 N–H and O–H groups in total. The summed E-state index contributed by atoms with van der Waals surface area (Å²) in [6.07, 6.45) is -4.51. The van der Waals surface area contributed by atoms with Gasteiger partial charge in [0.1, 0.15) is 11.6 Å². The molecule has 2 aromatic rings. The normalized spacial score (nSPS) is 11.0. The van der Waals surface area contributed by atoms with Gasteiger partial charge in [-0.1, -0.05) is 6.58 Å². The van der Waals surface area contributed by atoms with Crippen molar-refractivity contribution in [3.05, 3.63) is 77.4 Å². The van der Waals surface area contributed by atoms with Crippen molar-refractivity contribution in [1.82, 2.24) is 5.32 Å². The lowest BCUT2D eigenvalue weighted by atomic mass is 10.0. The summed E-state index contributed by atoms with van der Waals surface area (Å²) >= 11 is 0. The fourth-order valence-corrected chi connectivity index (χ4v) is 2.22. The Morgan fingerprint density at radius 2 is 1.64 bits per heavy atom. The summed E-state index contributed by atoms with van der Waals surface area (Å²) in [6.45, 7) is 3.45. The maximum Gasteiger partial charge on any atom is 0.416 e. The summed E-state index contributed by atoms with van der Waals surface area (Å²) in [5.41, 5.74) is -1.21. The molecule has 0 saturated carbocycles. The fourth-order valence-electron chi connectivity index (χ4n) is 2.22. The smallest absolute Gasteiger partial charge is 0.338 e. The third-order valence-electron chi connectivity index (χ3n) is 3.68. The van der Waals surface area contributed by atoms with Crippen LogP contribution in [-0.2, 0) is 6.18 Å². The molecule has 0 radical (unpaired) electrons. The van der Waals surface area contributed by atoms with Gasteiger partial charge in [0, 0.05) is 12.2 Å². The van der Waals surface area contributed by atoms with E-state index in [1.807, 2.05) is 0 Å². The number of halogens is 5. The minimum atomic E-state index is -4.48. The maximum absolute atomic E-state index is 13.6. The second-order valence-electron chi connectivity index (χ2n) is 5.76. The molecule has 0 bridgehead atoms. The van der Waals surface area contributed by atoms with Crippen molar-refractivity contribution in [3.63, 3.8) is 0 Å². The van der Waals surface area contributed by atoms with Crippen molar-refractivity contribution in [3.8, 4) is 0 Å². The van der Waals surface area contributed by atoms with E-state index in [-0.39, 0.29) is 24.2 Å². The van der Waals surface area contributed by atoms with Gasteiger partial charge in [0.15, 0.2) is 5.78 Å². The van der Waals surface area contributed by atoms with E-state index in [4.69, 9.17) is 0 Å². The number of alkyl halides is 3. The maximum atomic E-state index is 13.6. The molecule has 9 heteroatoms. The van der Waals surface area contributed by atoms with E-state index < -0.39 is 40.8 Å².